The first-order valence-corrected chi connectivity index (χ1v) is 25.8. The van der Waals surface area contributed by atoms with Gasteiger partial charge in [-0.25, -0.2) is 0 Å². The van der Waals surface area contributed by atoms with E-state index in [1.807, 2.05) is 0 Å². The molecular formula is C55H96O6. The monoisotopic (exact) mass is 853 g/mol. The van der Waals surface area contributed by atoms with E-state index < -0.39 is 6.10 Å². The first kappa shape index (κ1) is 58.1. The van der Waals surface area contributed by atoms with E-state index in [-0.39, 0.29) is 37.5 Å². The lowest BCUT2D eigenvalue weighted by Gasteiger charge is -2.18. The molecule has 0 heterocycles. The third kappa shape index (κ3) is 48.0. The van der Waals surface area contributed by atoms with E-state index in [1.54, 1.807) is 0 Å². The van der Waals surface area contributed by atoms with Gasteiger partial charge in [-0.2, -0.15) is 0 Å². The van der Waals surface area contributed by atoms with Crippen LogP contribution in [0.15, 0.2) is 60.8 Å². The molecule has 352 valence electrons. The van der Waals surface area contributed by atoms with Gasteiger partial charge in [0.1, 0.15) is 13.2 Å². The number of carbonyl (C=O) groups excluding carboxylic acids is 3. The largest absolute Gasteiger partial charge is 0.462 e. The SMILES string of the molecule is CCCCC/C=C\C/C=C\C/C=C\C/C=C\CCCC(=O)OC[C@@H](COC(=O)CCCCCCC/C=C\CCCCCCCC)OC(=O)CCCCCCCCCCCCC. The Bertz CT molecular complexity index is 1120. The molecule has 0 radical (unpaired) electrons. The highest BCUT2D eigenvalue weighted by atomic mass is 16.6. The van der Waals surface area contributed by atoms with Gasteiger partial charge in [0.15, 0.2) is 6.10 Å². The second-order valence-corrected chi connectivity index (χ2v) is 17.1. The summed E-state index contributed by atoms with van der Waals surface area (Å²) in [5.74, 6) is -0.956. The summed E-state index contributed by atoms with van der Waals surface area (Å²) in [4.78, 5) is 37.9. The molecule has 0 aliphatic heterocycles. The minimum atomic E-state index is -0.796. The molecule has 0 aromatic heterocycles. The molecule has 6 nitrogen and oxygen atoms in total. The van der Waals surface area contributed by atoms with Crippen LogP contribution in [0.1, 0.15) is 252 Å². The van der Waals surface area contributed by atoms with E-state index in [1.165, 1.54) is 135 Å². The number of ether oxygens (including phenoxy) is 3. The van der Waals surface area contributed by atoms with Gasteiger partial charge in [-0.15, -0.1) is 0 Å². The molecule has 0 aromatic rings. The van der Waals surface area contributed by atoms with Crippen molar-refractivity contribution in [1.82, 2.24) is 0 Å². The van der Waals surface area contributed by atoms with Crippen molar-refractivity contribution >= 4 is 17.9 Å². The number of carbonyl (C=O) groups is 3. The summed E-state index contributed by atoms with van der Waals surface area (Å²) in [5, 5.41) is 0. The minimum Gasteiger partial charge on any atom is -0.462 e. The van der Waals surface area contributed by atoms with Crippen molar-refractivity contribution in [2.45, 2.75) is 258 Å². The molecule has 0 bridgehead atoms. The fourth-order valence-electron chi connectivity index (χ4n) is 7.08. The van der Waals surface area contributed by atoms with Crippen molar-refractivity contribution in [3.63, 3.8) is 0 Å². The average Bonchev–Trinajstić information content (AvgIpc) is 3.26. The third-order valence-corrected chi connectivity index (χ3v) is 11.0. The van der Waals surface area contributed by atoms with Crippen molar-refractivity contribution in [3.05, 3.63) is 60.8 Å². The van der Waals surface area contributed by atoms with Crippen LogP contribution in [0.25, 0.3) is 0 Å². The fraction of sp³-hybridized carbons (Fsp3) is 0.764. The van der Waals surface area contributed by atoms with Crippen LogP contribution in [-0.4, -0.2) is 37.2 Å². The Morgan fingerprint density at radius 1 is 0.328 bits per heavy atom. The Hall–Kier alpha value is -2.89. The first-order valence-electron chi connectivity index (χ1n) is 25.8. The standard InChI is InChI=1S/C55H96O6/c1-4-7-10-13-16-19-22-24-26-27-29-31-34-36-39-42-45-48-54(57)60-51-52(61-55(58)49-46-43-40-37-32-21-18-15-12-9-6-3)50-59-53(56)47-44-41-38-35-33-30-28-25-23-20-17-14-11-8-5-2/h16,19,24-26,28-29,31,36,39,52H,4-15,17-18,20-23,27,30,32-35,37-38,40-51H2,1-3H3/b19-16-,26-24-,28-25-,31-29-,39-36-/t52-/m1/s1. The Morgan fingerprint density at radius 2 is 0.607 bits per heavy atom. The first-order chi connectivity index (χ1) is 30.0. The highest BCUT2D eigenvalue weighted by Crippen LogP contribution is 2.14. The summed E-state index contributed by atoms with van der Waals surface area (Å²) in [6, 6.07) is 0. The van der Waals surface area contributed by atoms with Crippen LogP contribution in [0.4, 0.5) is 0 Å². The normalized spacial score (nSPS) is 12.5. The topological polar surface area (TPSA) is 78.9 Å². The van der Waals surface area contributed by atoms with Gasteiger partial charge in [0.25, 0.3) is 0 Å². The molecule has 1 atom stereocenters. The molecule has 0 spiro atoms. The van der Waals surface area contributed by atoms with Gasteiger partial charge < -0.3 is 14.2 Å². The lowest BCUT2D eigenvalue weighted by Crippen LogP contribution is -2.30. The minimum absolute atomic E-state index is 0.0938. The van der Waals surface area contributed by atoms with Crippen LogP contribution >= 0.6 is 0 Å². The molecule has 0 rings (SSSR count). The Morgan fingerprint density at radius 3 is 1.03 bits per heavy atom. The van der Waals surface area contributed by atoms with Crippen LogP contribution < -0.4 is 0 Å². The fourth-order valence-corrected chi connectivity index (χ4v) is 7.08. The summed E-state index contributed by atoms with van der Waals surface area (Å²) < 4.78 is 16.7. The van der Waals surface area contributed by atoms with Gasteiger partial charge in [-0.1, -0.05) is 210 Å². The van der Waals surface area contributed by atoms with E-state index >= 15 is 0 Å². The summed E-state index contributed by atoms with van der Waals surface area (Å²) in [7, 11) is 0. The van der Waals surface area contributed by atoms with Gasteiger partial charge >= 0.3 is 17.9 Å². The summed E-state index contributed by atoms with van der Waals surface area (Å²) in [6.45, 7) is 6.55. The van der Waals surface area contributed by atoms with Crippen molar-refractivity contribution < 1.29 is 28.6 Å². The predicted molar refractivity (Wildman–Crippen MR) is 261 cm³/mol. The van der Waals surface area contributed by atoms with Gasteiger partial charge in [0.2, 0.25) is 0 Å². The molecule has 0 amide bonds. The molecule has 0 saturated carbocycles. The van der Waals surface area contributed by atoms with Gasteiger partial charge in [0.05, 0.1) is 0 Å². The van der Waals surface area contributed by atoms with Gasteiger partial charge in [-0.3, -0.25) is 14.4 Å². The Labute approximate surface area is 377 Å². The van der Waals surface area contributed by atoms with Gasteiger partial charge in [0, 0.05) is 19.3 Å². The molecule has 0 aliphatic rings. The summed E-state index contributed by atoms with van der Waals surface area (Å²) in [5.41, 5.74) is 0. The number of rotatable bonds is 46. The zero-order chi connectivity index (χ0) is 44.4. The molecule has 0 aliphatic carbocycles. The van der Waals surface area contributed by atoms with Crippen molar-refractivity contribution in [2.75, 3.05) is 13.2 Å². The molecular weight excluding hydrogens is 757 g/mol. The number of unbranched alkanes of at least 4 members (excludes halogenated alkanes) is 25. The Kier molecular flexibility index (Phi) is 47.4. The van der Waals surface area contributed by atoms with E-state index in [2.05, 4.69) is 81.5 Å². The van der Waals surface area contributed by atoms with Gasteiger partial charge in [-0.05, 0) is 83.5 Å². The van der Waals surface area contributed by atoms with E-state index in [0.717, 1.165) is 70.6 Å². The van der Waals surface area contributed by atoms with E-state index in [0.29, 0.717) is 19.3 Å². The van der Waals surface area contributed by atoms with Crippen molar-refractivity contribution in [3.8, 4) is 0 Å². The Balaban J connectivity index is 4.44. The van der Waals surface area contributed by atoms with E-state index in [9.17, 15) is 14.4 Å². The van der Waals surface area contributed by atoms with Crippen molar-refractivity contribution in [1.29, 1.82) is 0 Å². The molecule has 0 unspecified atom stereocenters. The third-order valence-electron chi connectivity index (χ3n) is 11.0. The van der Waals surface area contributed by atoms with Crippen molar-refractivity contribution in [2.24, 2.45) is 0 Å². The lowest BCUT2D eigenvalue weighted by molar-refractivity contribution is -0.167. The number of hydrogen-bond donors (Lipinski definition) is 0. The maximum absolute atomic E-state index is 12.8. The number of hydrogen-bond acceptors (Lipinski definition) is 6. The second-order valence-electron chi connectivity index (χ2n) is 17.1. The molecule has 61 heavy (non-hydrogen) atoms. The molecule has 0 fully saturated rings. The van der Waals surface area contributed by atoms with E-state index in [4.69, 9.17) is 14.2 Å². The van der Waals surface area contributed by atoms with Crippen LogP contribution in [0.3, 0.4) is 0 Å². The second kappa shape index (κ2) is 49.8. The zero-order valence-electron chi connectivity index (χ0n) is 40.2. The van der Waals surface area contributed by atoms with Crippen LogP contribution in [0.2, 0.25) is 0 Å². The lowest BCUT2D eigenvalue weighted by atomic mass is 10.1. The molecule has 0 N–H and O–H groups in total. The maximum atomic E-state index is 12.8. The maximum Gasteiger partial charge on any atom is 0.306 e. The highest BCUT2D eigenvalue weighted by Gasteiger charge is 2.19. The average molecular weight is 853 g/mol. The van der Waals surface area contributed by atoms with Crippen LogP contribution in [-0.2, 0) is 28.6 Å². The molecule has 0 saturated heterocycles. The summed E-state index contributed by atoms with van der Waals surface area (Å²) in [6.07, 6.45) is 60.6. The van der Waals surface area contributed by atoms with Crippen LogP contribution in [0.5, 0.6) is 0 Å². The predicted octanol–water partition coefficient (Wildman–Crippen LogP) is 16.9. The molecule has 6 heteroatoms. The smallest absolute Gasteiger partial charge is 0.306 e. The zero-order valence-corrected chi connectivity index (χ0v) is 40.2. The number of esters is 3. The summed E-state index contributed by atoms with van der Waals surface area (Å²) >= 11 is 0. The number of allylic oxidation sites excluding steroid dienone is 10. The quantitative estimate of drug-likeness (QED) is 0.0263. The highest BCUT2D eigenvalue weighted by molar-refractivity contribution is 5.71. The molecule has 0 aromatic carbocycles. The van der Waals surface area contributed by atoms with Crippen LogP contribution in [0, 0.1) is 0 Å².